The summed E-state index contributed by atoms with van der Waals surface area (Å²) in [5, 5.41) is 30.2. The molecule has 0 amide bonds. The predicted molar refractivity (Wildman–Crippen MR) is 234 cm³/mol. The van der Waals surface area contributed by atoms with E-state index in [0.29, 0.717) is 98.6 Å². The van der Waals surface area contributed by atoms with Crippen molar-refractivity contribution in [1.82, 2.24) is 29.7 Å². The maximum Gasteiger partial charge on any atom is 0.354 e. The summed E-state index contributed by atoms with van der Waals surface area (Å²) in [6.07, 6.45) is 0. The molecule has 3 N–H and O–H groups in total. The summed E-state index contributed by atoms with van der Waals surface area (Å²) in [5.41, 5.74) is 7.44. The Morgan fingerprint density at radius 1 is 0.460 bits per heavy atom. The Kier molecular flexibility index (Phi) is 16.0. The Morgan fingerprint density at radius 3 is 0.984 bits per heavy atom. The van der Waals surface area contributed by atoms with Crippen LogP contribution in [-0.2, 0) is 19.6 Å². The Hall–Kier alpha value is -5.71. The van der Waals surface area contributed by atoms with Crippen molar-refractivity contribution in [2.24, 2.45) is 0 Å². The first kappa shape index (κ1) is 46.8. The van der Waals surface area contributed by atoms with Crippen LogP contribution < -0.4 is 9.47 Å². The molecule has 1 aliphatic rings. The molecule has 0 bridgehead atoms. The second kappa shape index (κ2) is 21.6. The van der Waals surface area contributed by atoms with E-state index in [0.717, 1.165) is 27.8 Å². The number of ether oxygens (including phenoxy) is 2. The first-order chi connectivity index (χ1) is 29.9. The zero-order valence-electron chi connectivity index (χ0n) is 35.2. The molecule has 63 heavy (non-hydrogen) atoms. The number of aryl methyl sites for hydroxylation is 1. The van der Waals surface area contributed by atoms with Crippen molar-refractivity contribution >= 4 is 17.9 Å². The summed E-state index contributed by atoms with van der Waals surface area (Å²) < 4.78 is 10.7. The molecule has 4 heterocycles. The number of aromatic nitrogens is 3. The monoisotopic (exact) mass is 995 g/mol. The van der Waals surface area contributed by atoms with Crippen molar-refractivity contribution in [3.63, 3.8) is 0 Å². The van der Waals surface area contributed by atoms with Gasteiger partial charge in [0, 0.05) is 97.5 Å². The maximum absolute atomic E-state index is 12.3. The molecule has 0 unspecified atom stereocenters. The molecule has 327 valence electrons. The number of hydrogen-bond donors (Lipinski definition) is 3. The van der Waals surface area contributed by atoms with Gasteiger partial charge in [0.1, 0.15) is 28.6 Å². The number of methoxy groups -OCH3 is 2. The quantitative estimate of drug-likeness (QED) is 0.101. The number of carbonyl (C=O) groups is 3. The van der Waals surface area contributed by atoms with E-state index in [-0.39, 0.29) is 55.7 Å². The largest absolute Gasteiger partial charge is 0.497 e. The molecule has 14 nitrogen and oxygen atoms in total. The number of rotatable bonds is 14. The van der Waals surface area contributed by atoms with E-state index in [1.54, 1.807) is 32.4 Å². The van der Waals surface area contributed by atoms with Crippen molar-refractivity contribution in [1.29, 1.82) is 0 Å². The maximum atomic E-state index is 12.3. The second-order valence-electron chi connectivity index (χ2n) is 15.3. The smallest absolute Gasteiger partial charge is 0.354 e. The van der Waals surface area contributed by atoms with Crippen LogP contribution in [0.2, 0.25) is 0 Å². The van der Waals surface area contributed by atoms with E-state index in [9.17, 15) is 29.7 Å². The molecule has 0 aliphatic carbocycles. The zero-order valence-corrected chi connectivity index (χ0v) is 37.3. The molecule has 1 aliphatic heterocycles. The van der Waals surface area contributed by atoms with Crippen LogP contribution in [0.3, 0.4) is 0 Å². The average Bonchev–Trinajstić information content (AvgIpc) is 3.36. The SMILES string of the molecule is COc1ccc(-c2cc(CN3CCN(Cc4cc(-c5ccc(C)cc5)cc(C(=O)O)n4)CCN(Cc4cc(-c5ccc(OC)cc5)cc(C(=O)O)n4)CC3)nc(C(=O)O)c2)cc1.[Tb]. The van der Waals surface area contributed by atoms with E-state index in [2.05, 4.69) is 29.7 Å². The zero-order chi connectivity index (χ0) is 43.8. The van der Waals surface area contributed by atoms with Crippen molar-refractivity contribution in [3.05, 3.63) is 149 Å². The fourth-order valence-corrected chi connectivity index (χ4v) is 7.49. The van der Waals surface area contributed by atoms with Gasteiger partial charge >= 0.3 is 17.9 Å². The summed E-state index contributed by atoms with van der Waals surface area (Å²) >= 11 is 0. The minimum Gasteiger partial charge on any atom is -0.497 e. The Bertz CT molecular complexity index is 2430. The van der Waals surface area contributed by atoms with Crippen LogP contribution >= 0.6 is 0 Å². The average molecular weight is 996 g/mol. The third-order valence-electron chi connectivity index (χ3n) is 10.9. The van der Waals surface area contributed by atoms with Gasteiger partial charge in [0.25, 0.3) is 0 Å². The van der Waals surface area contributed by atoms with Gasteiger partial charge in [-0.1, -0.05) is 54.1 Å². The molecule has 1 radical (unpaired) electrons. The van der Waals surface area contributed by atoms with Gasteiger partial charge in [0.2, 0.25) is 0 Å². The molecule has 3 aromatic carbocycles. The Morgan fingerprint density at radius 2 is 0.730 bits per heavy atom. The third-order valence-corrected chi connectivity index (χ3v) is 10.9. The van der Waals surface area contributed by atoms with Gasteiger partial charge in [0.15, 0.2) is 0 Å². The fraction of sp³-hybridized carbons (Fsp3) is 0.250. The van der Waals surface area contributed by atoms with Crippen molar-refractivity contribution in [2.75, 3.05) is 53.5 Å². The van der Waals surface area contributed by atoms with Gasteiger partial charge < -0.3 is 24.8 Å². The molecule has 3 aromatic heterocycles. The summed E-state index contributed by atoms with van der Waals surface area (Å²) in [6.45, 7) is 6.58. The van der Waals surface area contributed by atoms with Crippen molar-refractivity contribution < 1.29 is 77.8 Å². The third kappa shape index (κ3) is 12.5. The van der Waals surface area contributed by atoms with Gasteiger partial charge in [-0.25, -0.2) is 29.3 Å². The minimum absolute atomic E-state index is 0. The van der Waals surface area contributed by atoms with Gasteiger partial charge in [0.05, 0.1) is 31.3 Å². The Labute approximate surface area is 396 Å². The number of carboxylic acids is 3. The summed E-state index contributed by atoms with van der Waals surface area (Å²) in [4.78, 5) is 57.3. The number of benzene rings is 3. The van der Waals surface area contributed by atoms with Crippen molar-refractivity contribution in [2.45, 2.75) is 26.6 Å². The van der Waals surface area contributed by atoms with E-state index in [4.69, 9.17) is 9.47 Å². The van der Waals surface area contributed by atoms with E-state index in [1.165, 1.54) is 0 Å². The number of carboxylic acid groups (broad SMARTS) is 3. The molecule has 0 atom stereocenters. The standard InChI is InChI=1S/C48H48N6O8.Tb/c1-31-4-6-32(7-5-31)35-22-38(49-43(25-35)46(55)56)28-52-16-18-53(29-39-23-36(26-44(50-39)47(57)58)33-8-12-41(61-2)13-9-33)20-21-54(19-17-52)30-40-24-37(27-45(51-40)48(59)60)34-10-14-42(62-3)15-11-34;/h4-15,22-27H,16-21,28-30H2,1-3H3,(H,55,56)(H,57,58)(H,59,60);. The molecule has 0 saturated carbocycles. The number of hydrogen-bond acceptors (Lipinski definition) is 11. The number of nitrogens with zero attached hydrogens (tertiary/aromatic N) is 6. The summed E-state index contributed by atoms with van der Waals surface area (Å²) in [6, 6.07) is 33.2. The molecule has 1 fully saturated rings. The molecule has 0 spiro atoms. The predicted octanol–water partition coefficient (Wildman–Crippen LogP) is 7.11. The summed E-state index contributed by atoms with van der Waals surface area (Å²) in [5.74, 6) is -2.00. The van der Waals surface area contributed by atoms with Crippen LogP contribution in [-0.4, -0.2) is 116 Å². The summed E-state index contributed by atoms with van der Waals surface area (Å²) in [7, 11) is 3.18. The van der Waals surface area contributed by atoms with E-state index in [1.807, 2.05) is 97.9 Å². The van der Waals surface area contributed by atoms with Crippen LogP contribution in [0.15, 0.2) is 109 Å². The molecule has 1 saturated heterocycles. The topological polar surface area (TPSA) is 179 Å². The van der Waals surface area contributed by atoms with Crippen LogP contribution in [0.4, 0.5) is 0 Å². The molecule has 7 rings (SSSR count). The second-order valence-corrected chi connectivity index (χ2v) is 15.3. The van der Waals surface area contributed by atoms with Crippen LogP contribution in [0.5, 0.6) is 11.5 Å². The van der Waals surface area contributed by atoms with Gasteiger partial charge in [-0.15, -0.1) is 0 Å². The number of pyridine rings is 3. The first-order valence-electron chi connectivity index (χ1n) is 20.2. The van der Waals surface area contributed by atoms with Crippen LogP contribution in [0, 0.1) is 45.5 Å². The van der Waals surface area contributed by atoms with E-state index >= 15 is 0 Å². The molecule has 15 heteroatoms. The fourth-order valence-electron chi connectivity index (χ4n) is 7.49. The normalized spacial score (nSPS) is 13.8. The van der Waals surface area contributed by atoms with Crippen molar-refractivity contribution in [3.8, 4) is 44.9 Å². The van der Waals surface area contributed by atoms with Gasteiger partial charge in [-0.2, -0.15) is 0 Å². The first-order valence-corrected chi connectivity index (χ1v) is 20.2. The Balaban J connectivity index is 0.00000661. The van der Waals surface area contributed by atoms with Crippen LogP contribution in [0.1, 0.15) is 54.1 Å². The van der Waals surface area contributed by atoms with Gasteiger partial charge in [-0.3, -0.25) is 14.7 Å². The minimum atomic E-state index is -1.13. The molecular weight excluding hydrogens is 947 g/mol. The van der Waals surface area contributed by atoms with Crippen LogP contribution in [0.25, 0.3) is 33.4 Å². The molecule has 6 aromatic rings. The molecular formula is C48H48N6O8Tb. The van der Waals surface area contributed by atoms with E-state index < -0.39 is 17.9 Å². The number of aromatic carboxylic acids is 3. The van der Waals surface area contributed by atoms with Gasteiger partial charge in [-0.05, 0) is 101 Å².